The number of aromatic nitrogens is 1. The standard InChI is InChI=1S/C16H18BrNO2/c1-10-5-6-13(17)8-16(10)20-9-15(19)14-7-11(2)18(4)12(14)3/h5-8H,9H2,1-4H3. The molecule has 1 heterocycles. The van der Waals surface area contributed by atoms with E-state index >= 15 is 0 Å². The Morgan fingerprint density at radius 3 is 2.55 bits per heavy atom. The molecule has 0 saturated heterocycles. The van der Waals surface area contributed by atoms with Gasteiger partial charge in [0.05, 0.1) is 0 Å². The van der Waals surface area contributed by atoms with Gasteiger partial charge >= 0.3 is 0 Å². The molecular formula is C16H18BrNO2. The van der Waals surface area contributed by atoms with E-state index in [0.717, 1.165) is 32.7 Å². The summed E-state index contributed by atoms with van der Waals surface area (Å²) in [6, 6.07) is 7.71. The minimum Gasteiger partial charge on any atom is -0.485 e. The first-order valence-electron chi connectivity index (χ1n) is 6.45. The average molecular weight is 336 g/mol. The molecule has 2 aromatic rings. The first-order chi connectivity index (χ1) is 9.40. The third-order valence-electron chi connectivity index (χ3n) is 3.58. The minimum atomic E-state index is 0.00516. The molecule has 0 spiro atoms. The molecule has 106 valence electrons. The van der Waals surface area contributed by atoms with Crippen molar-refractivity contribution in [2.24, 2.45) is 7.05 Å². The summed E-state index contributed by atoms with van der Waals surface area (Å²) in [6.07, 6.45) is 0. The summed E-state index contributed by atoms with van der Waals surface area (Å²) in [5.74, 6) is 0.739. The summed E-state index contributed by atoms with van der Waals surface area (Å²) in [7, 11) is 1.96. The lowest BCUT2D eigenvalue weighted by atomic mass is 10.1. The minimum absolute atomic E-state index is 0.00516. The maximum absolute atomic E-state index is 12.3. The Balaban J connectivity index is 2.12. The molecule has 0 saturated carbocycles. The Bertz CT molecular complexity index is 659. The largest absolute Gasteiger partial charge is 0.485 e. The molecule has 1 aromatic heterocycles. The molecule has 0 aliphatic rings. The van der Waals surface area contributed by atoms with Crippen molar-refractivity contribution in [3.8, 4) is 5.75 Å². The fourth-order valence-corrected chi connectivity index (χ4v) is 2.43. The molecule has 0 bridgehead atoms. The molecule has 0 fully saturated rings. The van der Waals surface area contributed by atoms with Crippen molar-refractivity contribution in [2.75, 3.05) is 6.61 Å². The van der Waals surface area contributed by atoms with Gasteiger partial charge in [-0.25, -0.2) is 0 Å². The number of hydrogen-bond donors (Lipinski definition) is 0. The summed E-state index contributed by atoms with van der Waals surface area (Å²) >= 11 is 3.40. The molecule has 4 heteroatoms. The van der Waals surface area contributed by atoms with Crippen LogP contribution in [-0.4, -0.2) is 17.0 Å². The molecule has 3 nitrogen and oxygen atoms in total. The van der Waals surface area contributed by atoms with Crippen LogP contribution in [-0.2, 0) is 7.05 Å². The summed E-state index contributed by atoms with van der Waals surface area (Å²) in [5, 5.41) is 0. The van der Waals surface area contributed by atoms with Crippen molar-refractivity contribution in [1.82, 2.24) is 4.57 Å². The predicted octanol–water partition coefficient (Wildman–Crippen LogP) is 3.97. The predicted molar refractivity (Wildman–Crippen MR) is 83.6 cm³/mol. The lowest BCUT2D eigenvalue weighted by molar-refractivity contribution is 0.0920. The molecular weight excluding hydrogens is 318 g/mol. The summed E-state index contributed by atoms with van der Waals surface area (Å²) < 4.78 is 8.60. The van der Waals surface area contributed by atoms with Crippen LogP contribution in [0.1, 0.15) is 27.3 Å². The molecule has 0 N–H and O–H groups in total. The van der Waals surface area contributed by atoms with Gasteiger partial charge in [0, 0.05) is 28.5 Å². The van der Waals surface area contributed by atoms with E-state index in [1.165, 1.54) is 0 Å². The Morgan fingerprint density at radius 2 is 1.95 bits per heavy atom. The molecule has 0 amide bonds. The maximum atomic E-state index is 12.3. The molecule has 20 heavy (non-hydrogen) atoms. The van der Waals surface area contributed by atoms with Crippen LogP contribution in [0.4, 0.5) is 0 Å². The van der Waals surface area contributed by atoms with Gasteiger partial charge in [-0.1, -0.05) is 22.0 Å². The number of halogens is 1. The number of ketones is 1. The lowest BCUT2D eigenvalue weighted by Crippen LogP contribution is -2.13. The molecule has 0 unspecified atom stereocenters. The van der Waals surface area contributed by atoms with Gasteiger partial charge in [-0.3, -0.25) is 4.79 Å². The van der Waals surface area contributed by atoms with E-state index in [2.05, 4.69) is 15.9 Å². The number of ether oxygens (including phenoxy) is 1. The third-order valence-corrected chi connectivity index (χ3v) is 4.08. The lowest BCUT2D eigenvalue weighted by Gasteiger charge is -2.09. The van der Waals surface area contributed by atoms with Gasteiger partial charge in [0.2, 0.25) is 5.78 Å². The Labute approximate surface area is 127 Å². The second kappa shape index (κ2) is 5.83. The number of Topliss-reactive ketones (excluding diaryl/α,β-unsaturated/α-hetero) is 1. The van der Waals surface area contributed by atoms with Crippen LogP contribution in [0.25, 0.3) is 0 Å². The van der Waals surface area contributed by atoms with Crippen LogP contribution >= 0.6 is 15.9 Å². The zero-order valence-electron chi connectivity index (χ0n) is 12.2. The van der Waals surface area contributed by atoms with E-state index in [4.69, 9.17) is 4.74 Å². The van der Waals surface area contributed by atoms with Crippen molar-refractivity contribution < 1.29 is 9.53 Å². The zero-order chi connectivity index (χ0) is 14.9. The molecule has 0 radical (unpaired) electrons. The van der Waals surface area contributed by atoms with Crippen LogP contribution in [0, 0.1) is 20.8 Å². The first-order valence-corrected chi connectivity index (χ1v) is 7.24. The fraction of sp³-hybridized carbons (Fsp3) is 0.312. The maximum Gasteiger partial charge on any atom is 0.202 e. The van der Waals surface area contributed by atoms with E-state index in [-0.39, 0.29) is 12.4 Å². The Morgan fingerprint density at radius 1 is 1.25 bits per heavy atom. The molecule has 1 aromatic carbocycles. The molecule has 2 rings (SSSR count). The van der Waals surface area contributed by atoms with Gasteiger partial charge < -0.3 is 9.30 Å². The van der Waals surface area contributed by atoms with Crippen LogP contribution < -0.4 is 4.74 Å². The second-order valence-corrected chi connectivity index (χ2v) is 5.88. The first kappa shape index (κ1) is 14.9. The highest BCUT2D eigenvalue weighted by Gasteiger charge is 2.15. The highest BCUT2D eigenvalue weighted by Crippen LogP contribution is 2.23. The molecule has 0 aliphatic heterocycles. The van der Waals surface area contributed by atoms with Gasteiger partial charge in [-0.15, -0.1) is 0 Å². The van der Waals surface area contributed by atoms with Gasteiger partial charge in [0.25, 0.3) is 0 Å². The Kier molecular flexibility index (Phi) is 4.33. The summed E-state index contributed by atoms with van der Waals surface area (Å²) in [5.41, 5.74) is 3.80. The molecule has 0 atom stereocenters. The smallest absolute Gasteiger partial charge is 0.202 e. The van der Waals surface area contributed by atoms with E-state index in [1.807, 2.05) is 56.7 Å². The third kappa shape index (κ3) is 2.96. The van der Waals surface area contributed by atoms with Crippen LogP contribution in [0.2, 0.25) is 0 Å². The van der Waals surface area contributed by atoms with Crippen molar-refractivity contribution >= 4 is 21.7 Å². The van der Waals surface area contributed by atoms with E-state index in [0.29, 0.717) is 0 Å². The quantitative estimate of drug-likeness (QED) is 0.791. The highest BCUT2D eigenvalue weighted by atomic mass is 79.9. The van der Waals surface area contributed by atoms with Gasteiger partial charge in [-0.2, -0.15) is 0 Å². The number of hydrogen-bond acceptors (Lipinski definition) is 2. The van der Waals surface area contributed by atoms with Gasteiger partial charge in [0.1, 0.15) is 5.75 Å². The fourth-order valence-electron chi connectivity index (χ4n) is 2.09. The van der Waals surface area contributed by atoms with Crippen molar-refractivity contribution in [3.63, 3.8) is 0 Å². The van der Waals surface area contributed by atoms with Crippen molar-refractivity contribution in [1.29, 1.82) is 0 Å². The van der Waals surface area contributed by atoms with Crippen LogP contribution in [0.15, 0.2) is 28.7 Å². The Hall–Kier alpha value is -1.55. The monoisotopic (exact) mass is 335 g/mol. The van der Waals surface area contributed by atoms with Crippen molar-refractivity contribution in [3.05, 3.63) is 51.3 Å². The molecule has 0 aliphatic carbocycles. The normalized spacial score (nSPS) is 10.7. The number of aryl methyl sites for hydroxylation is 2. The average Bonchev–Trinajstić information content (AvgIpc) is 2.67. The van der Waals surface area contributed by atoms with Gasteiger partial charge in [0.15, 0.2) is 6.61 Å². The number of rotatable bonds is 4. The number of benzene rings is 1. The highest BCUT2D eigenvalue weighted by molar-refractivity contribution is 9.10. The van der Waals surface area contributed by atoms with Crippen molar-refractivity contribution in [2.45, 2.75) is 20.8 Å². The summed E-state index contributed by atoms with van der Waals surface area (Å²) in [6.45, 7) is 5.96. The van der Waals surface area contributed by atoms with Crippen LogP contribution in [0.5, 0.6) is 5.75 Å². The number of carbonyl (C=O) groups excluding carboxylic acids is 1. The van der Waals surface area contributed by atoms with Gasteiger partial charge in [-0.05, 0) is 44.5 Å². The van der Waals surface area contributed by atoms with E-state index in [9.17, 15) is 4.79 Å². The topological polar surface area (TPSA) is 31.2 Å². The zero-order valence-corrected chi connectivity index (χ0v) is 13.7. The number of nitrogens with zero attached hydrogens (tertiary/aromatic N) is 1. The summed E-state index contributed by atoms with van der Waals surface area (Å²) in [4.78, 5) is 12.3. The van der Waals surface area contributed by atoms with E-state index in [1.54, 1.807) is 0 Å². The van der Waals surface area contributed by atoms with Crippen LogP contribution in [0.3, 0.4) is 0 Å². The van der Waals surface area contributed by atoms with E-state index < -0.39 is 0 Å². The number of carbonyl (C=O) groups is 1. The second-order valence-electron chi connectivity index (χ2n) is 4.97. The SMILES string of the molecule is Cc1ccc(Br)cc1OCC(=O)c1cc(C)n(C)c1C.